The SMILES string of the molecule is CC(C)Cc1ccc(C2C(N)C2(C)C)cc1. The largest absolute Gasteiger partial charge is 0.327 e. The first-order valence-electron chi connectivity index (χ1n) is 6.27. The zero-order chi connectivity index (χ0) is 11.9. The van der Waals surface area contributed by atoms with Crippen LogP contribution in [0.2, 0.25) is 0 Å². The predicted octanol–water partition coefficient (Wildman–Crippen LogP) is 3.34. The summed E-state index contributed by atoms with van der Waals surface area (Å²) in [4.78, 5) is 0. The van der Waals surface area contributed by atoms with Gasteiger partial charge in [0.1, 0.15) is 0 Å². The van der Waals surface area contributed by atoms with Crippen LogP contribution in [0.15, 0.2) is 24.3 Å². The van der Waals surface area contributed by atoms with Gasteiger partial charge in [-0.2, -0.15) is 0 Å². The molecule has 1 aromatic rings. The van der Waals surface area contributed by atoms with Gasteiger partial charge < -0.3 is 5.73 Å². The Morgan fingerprint density at radius 3 is 2.06 bits per heavy atom. The van der Waals surface area contributed by atoms with Gasteiger partial charge in [0, 0.05) is 12.0 Å². The molecule has 1 saturated carbocycles. The Labute approximate surface area is 99.0 Å². The Kier molecular flexibility index (Phi) is 2.83. The Bertz CT molecular complexity index is 362. The molecule has 0 radical (unpaired) electrons. The summed E-state index contributed by atoms with van der Waals surface area (Å²) in [5.41, 5.74) is 9.23. The van der Waals surface area contributed by atoms with E-state index in [-0.39, 0.29) is 0 Å². The summed E-state index contributed by atoms with van der Waals surface area (Å²) in [6.45, 7) is 9.02. The highest BCUT2D eigenvalue weighted by Gasteiger charge is 2.55. The molecular formula is C15H23N. The van der Waals surface area contributed by atoms with Crippen molar-refractivity contribution in [3.63, 3.8) is 0 Å². The second kappa shape index (κ2) is 3.89. The average molecular weight is 217 g/mol. The van der Waals surface area contributed by atoms with Gasteiger partial charge in [-0.25, -0.2) is 0 Å². The van der Waals surface area contributed by atoms with Crippen LogP contribution in [0.25, 0.3) is 0 Å². The second-order valence-corrected chi connectivity index (χ2v) is 6.16. The molecule has 0 saturated heterocycles. The molecule has 1 fully saturated rings. The van der Waals surface area contributed by atoms with Gasteiger partial charge in [0.05, 0.1) is 0 Å². The molecule has 16 heavy (non-hydrogen) atoms. The summed E-state index contributed by atoms with van der Waals surface area (Å²) in [6, 6.07) is 9.38. The molecule has 0 amide bonds. The summed E-state index contributed by atoms with van der Waals surface area (Å²) in [5.74, 6) is 1.28. The number of nitrogens with two attached hydrogens (primary N) is 1. The average Bonchev–Trinajstić information content (AvgIpc) is 2.67. The van der Waals surface area contributed by atoms with E-state index < -0.39 is 0 Å². The number of rotatable bonds is 3. The van der Waals surface area contributed by atoms with Crippen molar-refractivity contribution in [3.05, 3.63) is 35.4 Å². The molecule has 0 aromatic heterocycles. The summed E-state index contributed by atoms with van der Waals surface area (Å²) < 4.78 is 0. The van der Waals surface area contributed by atoms with Crippen LogP contribution in [0, 0.1) is 11.3 Å². The molecule has 2 atom stereocenters. The van der Waals surface area contributed by atoms with Crippen LogP contribution in [0.5, 0.6) is 0 Å². The maximum absolute atomic E-state index is 6.10. The van der Waals surface area contributed by atoms with Gasteiger partial charge in [0.2, 0.25) is 0 Å². The number of hydrogen-bond donors (Lipinski definition) is 1. The van der Waals surface area contributed by atoms with Gasteiger partial charge in [0.15, 0.2) is 0 Å². The molecule has 1 aliphatic carbocycles. The van der Waals surface area contributed by atoms with Crippen LogP contribution in [0.3, 0.4) is 0 Å². The van der Waals surface area contributed by atoms with E-state index in [2.05, 4.69) is 52.0 Å². The van der Waals surface area contributed by atoms with Gasteiger partial charge in [-0.1, -0.05) is 52.0 Å². The van der Waals surface area contributed by atoms with E-state index in [1.165, 1.54) is 17.5 Å². The topological polar surface area (TPSA) is 26.0 Å². The van der Waals surface area contributed by atoms with Gasteiger partial charge in [-0.05, 0) is 28.9 Å². The molecule has 0 spiro atoms. The molecule has 1 heteroatoms. The summed E-state index contributed by atoms with van der Waals surface area (Å²) >= 11 is 0. The van der Waals surface area contributed by atoms with E-state index in [0.717, 1.165) is 5.92 Å². The highest BCUT2D eigenvalue weighted by atomic mass is 14.8. The van der Waals surface area contributed by atoms with E-state index >= 15 is 0 Å². The molecule has 1 nitrogen and oxygen atoms in total. The second-order valence-electron chi connectivity index (χ2n) is 6.16. The Morgan fingerprint density at radius 2 is 1.69 bits per heavy atom. The molecular weight excluding hydrogens is 194 g/mol. The summed E-state index contributed by atoms with van der Waals surface area (Å²) in [7, 11) is 0. The zero-order valence-corrected chi connectivity index (χ0v) is 10.8. The third-order valence-electron chi connectivity index (χ3n) is 3.89. The fraction of sp³-hybridized carbons (Fsp3) is 0.600. The van der Waals surface area contributed by atoms with Crippen LogP contribution in [-0.4, -0.2) is 6.04 Å². The maximum Gasteiger partial charge on any atom is 0.0172 e. The first kappa shape index (κ1) is 11.7. The van der Waals surface area contributed by atoms with Crippen molar-refractivity contribution in [1.29, 1.82) is 0 Å². The Balaban J connectivity index is 2.09. The lowest BCUT2D eigenvalue weighted by molar-refractivity contribution is 0.599. The third kappa shape index (κ3) is 2.01. The molecule has 1 aliphatic rings. The van der Waals surface area contributed by atoms with Crippen LogP contribution in [0.4, 0.5) is 0 Å². The lowest BCUT2D eigenvalue weighted by Crippen LogP contribution is -2.06. The van der Waals surface area contributed by atoms with E-state index in [0.29, 0.717) is 17.4 Å². The first-order chi connectivity index (χ1) is 7.43. The number of hydrogen-bond acceptors (Lipinski definition) is 1. The van der Waals surface area contributed by atoms with Crippen molar-refractivity contribution >= 4 is 0 Å². The molecule has 0 bridgehead atoms. The van der Waals surface area contributed by atoms with E-state index in [1.54, 1.807) is 0 Å². The van der Waals surface area contributed by atoms with Crippen molar-refractivity contribution in [3.8, 4) is 0 Å². The fourth-order valence-corrected chi connectivity index (χ4v) is 2.65. The van der Waals surface area contributed by atoms with Crippen molar-refractivity contribution in [2.24, 2.45) is 17.1 Å². The van der Waals surface area contributed by atoms with Crippen LogP contribution in [0.1, 0.15) is 44.7 Å². The Hall–Kier alpha value is -0.820. The highest BCUT2D eigenvalue weighted by Crippen LogP contribution is 2.57. The molecule has 0 heterocycles. The minimum Gasteiger partial charge on any atom is -0.327 e. The molecule has 2 rings (SSSR count). The van der Waals surface area contributed by atoms with Crippen LogP contribution >= 0.6 is 0 Å². The lowest BCUT2D eigenvalue weighted by Gasteiger charge is -2.07. The zero-order valence-electron chi connectivity index (χ0n) is 10.8. The normalized spacial score (nSPS) is 27.1. The van der Waals surface area contributed by atoms with E-state index in [4.69, 9.17) is 5.73 Å². The van der Waals surface area contributed by atoms with Crippen molar-refractivity contribution in [2.75, 3.05) is 0 Å². The predicted molar refractivity (Wildman–Crippen MR) is 69.5 cm³/mol. The maximum atomic E-state index is 6.10. The van der Waals surface area contributed by atoms with Gasteiger partial charge in [-0.15, -0.1) is 0 Å². The van der Waals surface area contributed by atoms with E-state index in [1.807, 2.05) is 0 Å². The van der Waals surface area contributed by atoms with Crippen molar-refractivity contribution < 1.29 is 0 Å². The summed E-state index contributed by atoms with van der Waals surface area (Å²) in [5, 5.41) is 0. The highest BCUT2D eigenvalue weighted by molar-refractivity contribution is 5.35. The minimum atomic E-state index is 0.291. The van der Waals surface area contributed by atoms with Crippen molar-refractivity contribution in [2.45, 2.75) is 46.1 Å². The molecule has 2 N–H and O–H groups in total. The smallest absolute Gasteiger partial charge is 0.0172 e. The fourth-order valence-electron chi connectivity index (χ4n) is 2.65. The van der Waals surface area contributed by atoms with Gasteiger partial charge in [-0.3, -0.25) is 0 Å². The third-order valence-corrected chi connectivity index (χ3v) is 3.89. The van der Waals surface area contributed by atoms with Gasteiger partial charge >= 0.3 is 0 Å². The first-order valence-corrected chi connectivity index (χ1v) is 6.27. The molecule has 1 aromatic carbocycles. The number of benzene rings is 1. The molecule has 0 aliphatic heterocycles. The monoisotopic (exact) mass is 217 g/mol. The van der Waals surface area contributed by atoms with Crippen LogP contribution in [-0.2, 0) is 6.42 Å². The lowest BCUT2D eigenvalue weighted by atomic mass is 9.98. The van der Waals surface area contributed by atoms with E-state index in [9.17, 15) is 0 Å². The van der Waals surface area contributed by atoms with Gasteiger partial charge in [0.25, 0.3) is 0 Å². The molecule has 88 valence electrons. The summed E-state index contributed by atoms with van der Waals surface area (Å²) in [6.07, 6.45) is 1.17. The Morgan fingerprint density at radius 1 is 1.19 bits per heavy atom. The van der Waals surface area contributed by atoms with Crippen molar-refractivity contribution in [1.82, 2.24) is 0 Å². The standard InChI is InChI=1S/C15H23N/c1-10(2)9-11-5-7-12(8-6-11)13-14(16)15(13,3)4/h5-8,10,13-14H,9,16H2,1-4H3. The van der Waals surface area contributed by atoms with Crippen LogP contribution < -0.4 is 5.73 Å². The quantitative estimate of drug-likeness (QED) is 0.825. The molecule has 2 unspecified atom stereocenters. The minimum absolute atomic E-state index is 0.291.